The molecule has 2 heterocycles. The minimum Gasteiger partial charge on any atom is -0.493 e. The van der Waals surface area contributed by atoms with Crippen molar-refractivity contribution in [3.8, 4) is 0 Å². The van der Waals surface area contributed by atoms with Crippen molar-refractivity contribution in [2.75, 3.05) is 18.8 Å². The molecule has 2 fully saturated rings. The minimum absolute atomic E-state index is 0.0145. The molecule has 1 aromatic carbocycles. The summed E-state index contributed by atoms with van der Waals surface area (Å²) in [4.78, 5) is 0.233. The summed E-state index contributed by atoms with van der Waals surface area (Å²) < 4.78 is 63.2. The van der Waals surface area contributed by atoms with Crippen LogP contribution in [0.3, 0.4) is 0 Å². The highest BCUT2D eigenvalue weighted by Crippen LogP contribution is 2.41. The fourth-order valence-electron chi connectivity index (χ4n) is 4.87. The Morgan fingerprint density at radius 2 is 1.66 bits per heavy atom. The van der Waals surface area contributed by atoms with Gasteiger partial charge in [0.2, 0.25) is 0 Å². The molecule has 0 radical (unpaired) electrons. The molecule has 2 saturated heterocycles. The summed E-state index contributed by atoms with van der Waals surface area (Å²) in [5, 5.41) is 0. The van der Waals surface area contributed by atoms with E-state index in [0.717, 1.165) is 16.7 Å². The van der Waals surface area contributed by atoms with E-state index in [9.17, 15) is 8.42 Å². The predicted octanol–water partition coefficient (Wildman–Crippen LogP) is 5.87. The predicted molar refractivity (Wildman–Crippen MR) is 149 cm³/mol. The van der Waals surface area contributed by atoms with Crippen LogP contribution in [0.15, 0.2) is 29.9 Å². The van der Waals surface area contributed by atoms with Crippen molar-refractivity contribution in [1.82, 2.24) is 0 Å². The summed E-state index contributed by atoms with van der Waals surface area (Å²) in [6.45, 7) is 19.2. The molecule has 0 bridgehead atoms. The van der Waals surface area contributed by atoms with Gasteiger partial charge in [-0.25, -0.2) is 0 Å². The van der Waals surface area contributed by atoms with E-state index < -0.39 is 46.6 Å². The average molecular weight is 573 g/mol. The number of fused-ring (bicyclic) bond motifs is 1. The maximum Gasteiger partial charge on any atom is 0.297 e. The van der Waals surface area contributed by atoms with Crippen molar-refractivity contribution < 1.29 is 36.3 Å². The van der Waals surface area contributed by atoms with E-state index in [4.69, 9.17) is 27.9 Å². The van der Waals surface area contributed by atoms with E-state index in [1.54, 1.807) is 0 Å². The van der Waals surface area contributed by atoms with Crippen molar-refractivity contribution in [1.29, 1.82) is 0 Å². The lowest BCUT2D eigenvalue weighted by molar-refractivity contribution is -0.229. The Hall–Kier alpha value is -1.14. The van der Waals surface area contributed by atoms with E-state index in [2.05, 4.69) is 20.4 Å². The molecular weight excluding hydrogens is 528 g/mol. The van der Waals surface area contributed by atoms with Crippen LogP contribution in [-0.2, 0) is 38.0 Å². The van der Waals surface area contributed by atoms with Crippen molar-refractivity contribution in [3.63, 3.8) is 0 Å². The summed E-state index contributed by atoms with van der Waals surface area (Å²) in [5.74, 6) is -0.188. The minimum atomic E-state index is -4.15. The molecule has 0 aromatic heterocycles. The van der Waals surface area contributed by atoms with Gasteiger partial charge in [-0.05, 0) is 54.5 Å². The van der Waals surface area contributed by atoms with Crippen LogP contribution in [0.2, 0.25) is 0 Å². The molecule has 10 heteroatoms. The first-order valence-electron chi connectivity index (χ1n) is 13.2. The van der Waals surface area contributed by atoms with Crippen LogP contribution in [0.4, 0.5) is 0 Å². The molecule has 2 aliphatic rings. The summed E-state index contributed by atoms with van der Waals surface area (Å²) in [6, 6.07) is 3.97. The molecular formula is C28H44O8S2. The second-order valence-electron chi connectivity index (χ2n) is 11.2. The van der Waals surface area contributed by atoms with E-state index in [0.29, 0.717) is 5.94 Å². The molecule has 0 N–H and O–H groups in total. The van der Waals surface area contributed by atoms with Crippen LogP contribution in [0.5, 0.6) is 0 Å². The molecule has 2 aliphatic heterocycles. The first-order chi connectivity index (χ1) is 17.7. The maximum absolute atomic E-state index is 13.8. The fraction of sp³-hybridized carbons (Fsp3) is 0.714. The van der Waals surface area contributed by atoms with Gasteiger partial charge in [0.25, 0.3) is 10.1 Å². The summed E-state index contributed by atoms with van der Waals surface area (Å²) in [6.07, 6.45) is -0.0423. The van der Waals surface area contributed by atoms with Crippen molar-refractivity contribution in [2.45, 2.75) is 115 Å². The Kier molecular flexibility index (Phi) is 10.4. The Labute approximate surface area is 232 Å². The number of hydrogen-bond acceptors (Lipinski definition) is 9. The third-order valence-corrected chi connectivity index (χ3v) is 8.55. The highest BCUT2D eigenvalue weighted by atomic mass is 32.2. The molecule has 0 spiro atoms. The molecule has 0 amide bonds. The molecule has 0 unspecified atom stereocenters. The Balaban J connectivity index is 1.92. The zero-order valence-electron chi connectivity index (χ0n) is 24.1. The maximum atomic E-state index is 13.8. The van der Waals surface area contributed by atoms with Gasteiger partial charge in [-0.15, -0.1) is 11.8 Å². The molecule has 38 heavy (non-hydrogen) atoms. The lowest BCUT2D eigenvalue weighted by Crippen LogP contribution is -2.45. The van der Waals surface area contributed by atoms with Crippen LogP contribution in [0, 0.1) is 0 Å². The lowest BCUT2D eigenvalue weighted by Gasteiger charge is -2.30. The lowest BCUT2D eigenvalue weighted by atomic mass is 9.89. The first kappa shape index (κ1) is 31.4. The van der Waals surface area contributed by atoms with Crippen LogP contribution in [0.1, 0.15) is 89.8 Å². The van der Waals surface area contributed by atoms with E-state index in [-0.39, 0.29) is 29.3 Å². The molecule has 1 aromatic rings. The van der Waals surface area contributed by atoms with Gasteiger partial charge in [0, 0.05) is 0 Å². The van der Waals surface area contributed by atoms with Gasteiger partial charge in [-0.3, -0.25) is 4.18 Å². The zero-order valence-corrected chi connectivity index (χ0v) is 25.7. The molecule has 8 nitrogen and oxygen atoms in total. The second kappa shape index (κ2) is 12.6. The smallest absolute Gasteiger partial charge is 0.297 e. The Morgan fingerprint density at radius 1 is 1.05 bits per heavy atom. The summed E-state index contributed by atoms with van der Waals surface area (Å²) >= 11 is 1.51. The average Bonchev–Trinajstić information content (AvgIpc) is 3.30. The highest BCUT2D eigenvalue weighted by molar-refractivity contribution is 7.98. The van der Waals surface area contributed by atoms with Crippen molar-refractivity contribution in [2.24, 2.45) is 0 Å². The third kappa shape index (κ3) is 6.95. The number of benzene rings is 1. The number of rotatable bonds is 13. The van der Waals surface area contributed by atoms with E-state index >= 15 is 0 Å². The normalized spacial score (nSPS) is 25.8. The van der Waals surface area contributed by atoms with Crippen molar-refractivity contribution in [3.05, 3.63) is 41.7 Å². The van der Waals surface area contributed by atoms with Crippen LogP contribution >= 0.6 is 11.8 Å². The second-order valence-corrected chi connectivity index (χ2v) is 13.5. The number of hydrogen-bond donors (Lipinski definition) is 0. The van der Waals surface area contributed by atoms with E-state index in [1.165, 1.54) is 18.0 Å². The quantitative estimate of drug-likeness (QED) is 0.163. The molecule has 0 saturated carbocycles. The van der Waals surface area contributed by atoms with Gasteiger partial charge >= 0.3 is 0 Å². The molecule has 216 valence electrons. The van der Waals surface area contributed by atoms with Crippen molar-refractivity contribution >= 4 is 21.9 Å². The Bertz CT molecular complexity index is 1040. The monoisotopic (exact) mass is 572 g/mol. The molecule has 0 aliphatic carbocycles. The number of ether oxygens (including phenoxy) is 5. The van der Waals surface area contributed by atoms with Gasteiger partial charge in [0.1, 0.15) is 29.8 Å². The number of thioether (sulfide) groups is 1. The largest absolute Gasteiger partial charge is 0.493 e. The van der Waals surface area contributed by atoms with Gasteiger partial charge in [-0.1, -0.05) is 60.3 Å². The zero-order chi connectivity index (χ0) is 28.4. The highest BCUT2D eigenvalue weighted by Gasteiger charge is 2.57. The van der Waals surface area contributed by atoms with Crippen LogP contribution < -0.4 is 0 Å². The fourth-order valence-corrected chi connectivity index (χ4v) is 6.76. The molecule has 5 atom stereocenters. The van der Waals surface area contributed by atoms with Gasteiger partial charge < -0.3 is 23.7 Å². The summed E-state index contributed by atoms with van der Waals surface area (Å²) in [7, 11) is -4.15. The van der Waals surface area contributed by atoms with E-state index in [1.807, 2.05) is 59.9 Å². The summed E-state index contributed by atoms with van der Waals surface area (Å²) in [5.41, 5.74) is 2.60. The molecule has 3 rings (SSSR count). The van der Waals surface area contributed by atoms with Crippen LogP contribution in [-0.4, -0.2) is 63.7 Å². The van der Waals surface area contributed by atoms with Gasteiger partial charge in [0.05, 0.1) is 12.2 Å². The standard InChI is InChI=1S/C28H44O8S2/c1-11-31-22(23-24(32-15-37-10)25-27(34-23)36-28(8,9)35-25)14-33-38(29,30)26-20(17(4)5)12-19(16(2)3)13-21(26)18(6)7/h11-13,16-18,22-25,27H,1,14-15H2,2-10H3/t22-,23-,24-,25-,27-/m1/s1. The topological polar surface area (TPSA) is 89.5 Å². The van der Waals surface area contributed by atoms with Gasteiger partial charge in [-0.2, -0.15) is 8.42 Å². The Morgan fingerprint density at radius 3 is 2.16 bits per heavy atom. The third-order valence-electron chi connectivity index (χ3n) is 6.76. The van der Waals surface area contributed by atoms with Crippen LogP contribution in [0.25, 0.3) is 0 Å². The van der Waals surface area contributed by atoms with Gasteiger partial charge in [0.15, 0.2) is 18.2 Å². The first-order valence-corrected chi connectivity index (χ1v) is 16.0. The SMILES string of the molecule is C=CO[C@H](COS(=O)(=O)c1c(C(C)C)cc(C(C)C)cc1C(C)C)[C@H]1O[C@@H]2OC(C)(C)O[C@@H]2[C@@H]1OCSC.